The van der Waals surface area contributed by atoms with Crippen LogP contribution in [0.5, 0.6) is 0 Å². The first-order valence-corrected chi connectivity index (χ1v) is 8.71. The third-order valence-corrected chi connectivity index (χ3v) is 5.41. The number of hydrogen-bond acceptors (Lipinski definition) is 3. The van der Waals surface area contributed by atoms with Gasteiger partial charge in [-0.2, -0.15) is 0 Å². The lowest BCUT2D eigenvalue weighted by atomic mass is 9.62. The van der Waals surface area contributed by atoms with Gasteiger partial charge in [-0.05, 0) is 61.4 Å². The van der Waals surface area contributed by atoms with Crippen molar-refractivity contribution in [2.45, 2.75) is 52.4 Å². The van der Waals surface area contributed by atoms with Gasteiger partial charge in [0.05, 0.1) is 0 Å². The molecule has 1 N–H and O–H groups in total. The average Bonchev–Trinajstić information content (AvgIpc) is 2.49. The highest BCUT2D eigenvalue weighted by molar-refractivity contribution is 6.11. The van der Waals surface area contributed by atoms with E-state index in [1.54, 1.807) is 6.92 Å². The highest BCUT2D eigenvalue weighted by Gasteiger charge is 2.48. The molecule has 1 saturated heterocycles. The third-order valence-electron chi connectivity index (χ3n) is 5.41. The van der Waals surface area contributed by atoms with Crippen LogP contribution in [0, 0.1) is 31.1 Å². The molecule has 1 saturated carbocycles. The van der Waals surface area contributed by atoms with Crippen LogP contribution in [-0.4, -0.2) is 24.0 Å². The second kappa shape index (κ2) is 6.48. The second-order valence-electron chi connectivity index (χ2n) is 7.39. The Kier molecular flexibility index (Phi) is 4.51. The van der Waals surface area contributed by atoms with Gasteiger partial charge >= 0.3 is 0 Å². The van der Waals surface area contributed by atoms with Gasteiger partial charge in [0.15, 0.2) is 0 Å². The van der Waals surface area contributed by atoms with E-state index in [4.69, 9.17) is 0 Å². The van der Waals surface area contributed by atoms with Gasteiger partial charge in [-0.3, -0.25) is 14.4 Å². The van der Waals surface area contributed by atoms with Crippen LogP contribution < -0.4 is 5.32 Å². The highest BCUT2D eigenvalue weighted by atomic mass is 16.2. The summed E-state index contributed by atoms with van der Waals surface area (Å²) in [6.45, 7) is 6.20. The van der Waals surface area contributed by atoms with Gasteiger partial charge in [-0.15, -0.1) is 5.92 Å². The number of benzene rings is 1. The van der Waals surface area contributed by atoms with Crippen LogP contribution in [0.15, 0.2) is 12.1 Å². The molecule has 1 aliphatic heterocycles. The number of hydrogen-bond donors (Lipinski definition) is 1. The monoisotopic (exact) mass is 337 g/mol. The van der Waals surface area contributed by atoms with E-state index in [1.807, 2.05) is 26.0 Å². The number of aryl methyl sites for hydroxylation is 2. The number of amides is 1. The smallest absolute Gasteiger partial charge is 0.220 e. The fourth-order valence-corrected chi connectivity index (χ4v) is 4.41. The van der Waals surface area contributed by atoms with E-state index in [9.17, 15) is 14.4 Å². The minimum Gasteiger partial charge on any atom is -0.356 e. The fourth-order valence-electron chi connectivity index (χ4n) is 4.41. The average molecular weight is 337 g/mol. The predicted molar refractivity (Wildman–Crippen MR) is 95.1 cm³/mol. The van der Waals surface area contributed by atoms with Crippen LogP contribution in [0.2, 0.25) is 0 Å². The predicted octanol–water partition coefficient (Wildman–Crippen LogP) is 2.59. The molecular formula is C21H23NO3. The van der Waals surface area contributed by atoms with Gasteiger partial charge in [0, 0.05) is 31.4 Å². The maximum absolute atomic E-state index is 12.9. The summed E-state index contributed by atoms with van der Waals surface area (Å²) in [6.07, 6.45) is 1.60. The van der Waals surface area contributed by atoms with Crippen molar-refractivity contribution in [2.75, 3.05) is 6.54 Å². The summed E-state index contributed by atoms with van der Waals surface area (Å²) >= 11 is 0. The largest absolute Gasteiger partial charge is 0.356 e. The van der Waals surface area contributed by atoms with Gasteiger partial charge in [0.1, 0.15) is 17.5 Å². The Morgan fingerprint density at radius 1 is 1.04 bits per heavy atom. The number of rotatable bonds is 1. The Morgan fingerprint density at radius 2 is 1.64 bits per heavy atom. The first-order valence-electron chi connectivity index (χ1n) is 8.71. The molecule has 4 heteroatoms. The van der Waals surface area contributed by atoms with Crippen molar-refractivity contribution in [3.63, 3.8) is 0 Å². The lowest BCUT2D eigenvalue weighted by Crippen LogP contribution is -2.47. The summed E-state index contributed by atoms with van der Waals surface area (Å²) < 4.78 is 0. The number of carbonyl (C=O) groups excluding carboxylic acids is 3. The molecule has 25 heavy (non-hydrogen) atoms. The van der Waals surface area contributed by atoms with E-state index in [-0.39, 0.29) is 23.9 Å². The first-order chi connectivity index (χ1) is 11.8. The molecular weight excluding hydrogens is 314 g/mol. The number of Topliss-reactive ketones (excluding diaryl/α,β-unsaturated/α-hetero) is 2. The van der Waals surface area contributed by atoms with Crippen LogP contribution in [0.4, 0.5) is 0 Å². The SMILES string of the molecule is CC#Cc1cc(C)c(C2C(=O)CC3(CCNC(=O)C3)CC2=O)c(C)c1. The molecule has 0 bridgehead atoms. The van der Waals surface area contributed by atoms with Crippen molar-refractivity contribution in [1.29, 1.82) is 0 Å². The van der Waals surface area contributed by atoms with E-state index in [2.05, 4.69) is 17.2 Å². The summed E-state index contributed by atoms with van der Waals surface area (Å²) in [4.78, 5) is 37.6. The lowest BCUT2D eigenvalue weighted by Gasteiger charge is -2.41. The molecule has 2 fully saturated rings. The standard InChI is InChI=1S/C21H23NO3/c1-4-5-15-8-13(2)19(14(3)9-15)20-16(23)10-21(11-17(20)24)6-7-22-18(25)12-21/h8-9,20H,6-7,10-12H2,1-3H3,(H,22,25). The van der Waals surface area contributed by atoms with Gasteiger partial charge < -0.3 is 5.32 Å². The molecule has 0 aromatic heterocycles. The molecule has 0 unspecified atom stereocenters. The third kappa shape index (κ3) is 3.24. The second-order valence-corrected chi connectivity index (χ2v) is 7.39. The quantitative estimate of drug-likeness (QED) is 0.633. The molecule has 1 spiro atoms. The lowest BCUT2D eigenvalue weighted by molar-refractivity contribution is -0.139. The zero-order chi connectivity index (χ0) is 18.2. The summed E-state index contributed by atoms with van der Waals surface area (Å²) in [5, 5.41) is 2.79. The molecule has 0 radical (unpaired) electrons. The molecule has 2 aliphatic rings. The normalized spacial score (nSPS) is 26.2. The summed E-state index contributed by atoms with van der Waals surface area (Å²) in [5.74, 6) is 5.06. The molecule has 4 nitrogen and oxygen atoms in total. The Bertz CT molecular complexity index is 784. The Labute approximate surface area is 148 Å². The molecule has 0 atom stereocenters. The maximum atomic E-state index is 12.9. The van der Waals surface area contributed by atoms with Crippen molar-refractivity contribution >= 4 is 17.5 Å². The van der Waals surface area contributed by atoms with E-state index in [0.29, 0.717) is 25.8 Å². The van der Waals surface area contributed by atoms with E-state index in [0.717, 1.165) is 22.3 Å². The van der Waals surface area contributed by atoms with E-state index >= 15 is 0 Å². The molecule has 1 aliphatic carbocycles. The zero-order valence-electron chi connectivity index (χ0n) is 15.0. The summed E-state index contributed by atoms with van der Waals surface area (Å²) in [5.41, 5.74) is 3.12. The highest BCUT2D eigenvalue weighted by Crippen LogP contribution is 2.45. The van der Waals surface area contributed by atoms with Crippen LogP contribution in [0.25, 0.3) is 0 Å². The minimum atomic E-state index is -0.695. The van der Waals surface area contributed by atoms with Crippen LogP contribution in [-0.2, 0) is 14.4 Å². The summed E-state index contributed by atoms with van der Waals surface area (Å²) in [6, 6.07) is 3.88. The van der Waals surface area contributed by atoms with Gasteiger partial charge in [0.2, 0.25) is 5.91 Å². The van der Waals surface area contributed by atoms with Crippen molar-refractivity contribution < 1.29 is 14.4 Å². The van der Waals surface area contributed by atoms with Crippen LogP contribution in [0.3, 0.4) is 0 Å². The van der Waals surface area contributed by atoms with Crippen molar-refractivity contribution in [1.82, 2.24) is 5.32 Å². The van der Waals surface area contributed by atoms with Gasteiger partial charge in [-0.25, -0.2) is 0 Å². The van der Waals surface area contributed by atoms with Gasteiger partial charge in [0.25, 0.3) is 0 Å². The number of ketones is 2. The topological polar surface area (TPSA) is 63.2 Å². The number of piperidine rings is 1. The van der Waals surface area contributed by atoms with E-state index < -0.39 is 11.3 Å². The van der Waals surface area contributed by atoms with Gasteiger partial charge in [-0.1, -0.05) is 5.92 Å². The molecule has 1 aromatic carbocycles. The number of nitrogens with one attached hydrogen (secondary N) is 1. The summed E-state index contributed by atoms with van der Waals surface area (Å²) in [7, 11) is 0. The molecule has 130 valence electrons. The Morgan fingerprint density at radius 3 is 2.16 bits per heavy atom. The van der Waals surface area contributed by atoms with E-state index in [1.165, 1.54) is 0 Å². The van der Waals surface area contributed by atoms with Crippen LogP contribution in [0.1, 0.15) is 60.8 Å². The van der Waals surface area contributed by atoms with Crippen molar-refractivity contribution in [2.24, 2.45) is 5.41 Å². The van der Waals surface area contributed by atoms with Crippen molar-refractivity contribution in [3.05, 3.63) is 34.4 Å². The maximum Gasteiger partial charge on any atom is 0.220 e. The Balaban J connectivity index is 1.94. The molecule has 3 rings (SSSR count). The number of carbonyl (C=O) groups is 3. The molecule has 1 heterocycles. The molecule has 1 aromatic rings. The zero-order valence-corrected chi connectivity index (χ0v) is 15.0. The van der Waals surface area contributed by atoms with Crippen LogP contribution >= 0.6 is 0 Å². The fraction of sp³-hybridized carbons (Fsp3) is 0.476. The minimum absolute atomic E-state index is 0.0496. The molecule has 1 amide bonds. The Hall–Kier alpha value is -2.41. The first kappa shape index (κ1) is 17.4. The van der Waals surface area contributed by atoms with Crippen molar-refractivity contribution in [3.8, 4) is 11.8 Å².